The molecule has 3 nitrogen and oxygen atoms in total. The molecule has 1 aromatic rings. The van der Waals surface area contributed by atoms with Crippen LogP contribution < -0.4 is 4.90 Å². The van der Waals surface area contributed by atoms with Gasteiger partial charge in [-0.05, 0) is 18.6 Å². The SMILES string of the molecule is CCCCCN(C(=O)N(Cl)Cl)c1ccccc1. The van der Waals surface area contributed by atoms with Gasteiger partial charge in [-0.25, -0.2) is 4.79 Å². The van der Waals surface area contributed by atoms with Gasteiger partial charge >= 0.3 is 6.03 Å². The smallest absolute Gasteiger partial charge is 0.292 e. The lowest BCUT2D eigenvalue weighted by atomic mass is 10.2. The number of carbonyl (C=O) groups is 1. The van der Waals surface area contributed by atoms with Crippen LogP contribution in [0.3, 0.4) is 0 Å². The van der Waals surface area contributed by atoms with Crippen molar-refractivity contribution in [1.29, 1.82) is 0 Å². The Labute approximate surface area is 112 Å². The Morgan fingerprint density at radius 3 is 2.35 bits per heavy atom. The third-order valence-corrected chi connectivity index (χ3v) is 2.72. The fourth-order valence-corrected chi connectivity index (χ4v) is 1.74. The summed E-state index contributed by atoms with van der Waals surface area (Å²) >= 11 is 11.0. The number of urea groups is 1. The van der Waals surface area contributed by atoms with Gasteiger partial charge in [-0.2, -0.15) is 0 Å². The highest BCUT2D eigenvalue weighted by atomic mass is 35.5. The average Bonchev–Trinajstić information content (AvgIpc) is 2.35. The van der Waals surface area contributed by atoms with Gasteiger partial charge < -0.3 is 0 Å². The van der Waals surface area contributed by atoms with Crippen molar-refractivity contribution < 1.29 is 4.79 Å². The lowest BCUT2D eigenvalue weighted by molar-refractivity contribution is 0.242. The van der Waals surface area contributed by atoms with Crippen LogP contribution in [0.4, 0.5) is 10.5 Å². The highest BCUT2D eigenvalue weighted by molar-refractivity contribution is 6.42. The van der Waals surface area contributed by atoms with Crippen LogP contribution in [0.1, 0.15) is 26.2 Å². The zero-order valence-electron chi connectivity index (χ0n) is 9.77. The van der Waals surface area contributed by atoms with Gasteiger partial charge in [0.1, 0.15) is 0 Å². The van der Waals surface area contributed by atoms with Crippen LogP contribution in [0.5, 0.6) is 0 Å². The van der Waals surface area contributed by atoms with E-state index in [4.69, 9.17) is 23.6 Å². The highest BCUT2D eigenvalue weighted by Crippen LogP contribution is 2.18. The van der Waals surface area contributed by atoms with E-state index < -0.39 is 6.03 Å². The standard InChI is InChI=1S/C12H16Cl2N2O/c1-2-3-7-10-15(12(17)16(13)14)11-8-5-4-6-9-11/h4-6,8-9H,2-3,7,10H2,1H3. The van der Waals surface area contributed by atoms with Gasteiger partial charge in [0.25, 0.3) is 0 Å². The molecule has 0 aliphatic rings. The van der Waals surface area contributed by atoms with Crippen LogP contribution in [-0.4, -0.2) is 16.5 Å². The van der Waals surface area contributed by atoms with Crippen LogP contribution in [0, 0.1) is 0 Å². The van der Waals surface area contributed by atoms with Gasteiger partial charge in [-0.15, -0.1) is 3.94 Å². The number of nitrogens with zero attached hydrogens (tertiary/aromatic N) is 2. The number of hydrogen-bond donors (Lipinski definition) is 0. The Morgan fingerprint density at radius 2 is 1.82 bits per heavy atom. The first kappa shape index (κ1) is 14.1. The topological polar surface area (TPSA) is 23.6 Å². The summed E-state index contributed by atoms with van der Waals surface area (Å²) in [5.41, 5.74) is 0.805. The molecule has 1 aromatic carbocycles. The number of rotatable bonds is 5. The number of carbonyl (C=O) groups excluding carboxylic acids is 1. The second-order valence-corrected chi connectivity index (χ2v) is 4.56. The summed E-state index contributed by atoms with van der Waals surface area (Å²) in [6.45, 7) is 2.73. The van der Waals surface area contributed by atoms with Crippen LogP contribution in [0.15, 0.2) is 30.3 Å². The average molecular weight is 275 g/mol. The van der Waals surface area contributed by atoms with E-state index in [0.717, 1.165) is 24.9 Å². The predicted molar refractivity (Wildman–Crippen MR) is 72.3 cm³/mol. The first-order chi connectivity index (χ1) is 8.16. The largest absolute Gasteiger partial charge is 0.354 e. The molecule has 0 saturated heterocycles. The van der Waals surface area contributed by atoms with Crippen LogP contribution >= 0.6 is 23.6 Å². The molecular formula is C12H16Cl2N2O. The molecule has 0 N–H and O–H groups in total. The third kappa shape index (κ3) is 4.44. The lowest BCUT2D eigenvalue weighted by Gasteiger charge is -2.23. The van der Waals surface area contributed by atoms with Crippen LogP contribution in [-0.2, 0) is 0 Å². The van der Waals surface area contributed by atoms with Gasteiger partial charge in [0, 0.05) is 35.8 Å². The summed E-state index contributed by atoms with van der Waals surface area (Å²) in [5, 5.41) is 0. The summed E-state index contributed by atoms with van der Waals surface area (Å²) in [6.07, 6.45) is 3.10. The molecule has 0 radical (unpaired) electrons. The summed E-state index contributed by atoms with van der Waals surface area (Å²) in [5.74, 6) is 0. The summed E-state index contributed by atoms with van der Waals surface area (Å²) in [6, 6.07) is 8.96. The number of anilines is 1. The molecule has 0 unspecified atom stereocenters. The van der Waals surface area contributed by atoms with Gasteiger partial charge in [-0.1, -0.05) is 38.0 Å². The minimum Gasteiger partial charge on any atom is -0.292 e. The first-order valence-electron chi connectivity index (χ1n) is 5.65. The number of halogens is 2. The van der Waals surface area contributed by atoms with E-state index in [9.17, 15) is 4.79 Å². The molecule has 94 valence electrons. The molecule has 17 heavy (non-hydrogen) atoms. The Kier molecular flexibility index (Phi) is 6.16. The molecule has 0 aliphatic carbocycles. The molecule has 2 amide bonds. The third-order valence-electron chi connectivity index (χ3n) is 2.43. The molecule has 0 fully saturated rings. The van der Waals surface area contributed by atoms with Gasteiger partial charge in [-0.3, -0.25) is 4.90 Å². The molecule has 0 aliphatic heterocycles. The monoisotopic (exact) mass is 274 g/mol. The van der Waals surface area contributed by atoms with E-state index in [-0.39, 0.29) is 0 Å². The fraction of sp³-hybridized carbons (Fsp3) is 0.417. The van der Waals surface area contributed by atoms with Crippen molar-refractivity contribution in [3.63, 3.8) is 0 Å². The molecule has 0 atom stereocenters. The zero-order chi connectivity index (χ0) is 12.7. The normalized spacial score (nSPS) is 10.1. The maximum absolute atomic E-state index is 11.8. The maximum atomic E-state index is 11.8. The van der Waals surface area contributed by atoms with Crippen LogP contribution in [0.25, 0.3) is 0 Å². The van der Waals surface area contributed by atoms with Crippen LogP contribution in [0.2, 0.25) is 0 Å². The minimum absolute atomic E-state index is 0.421. The number of para-hydroxylation sites is 1. The molecule has 0 aromatic heterocycles. The van der Waals surface area contributed by atoms with Crippen molar-refractivity contribution in [3.05, 3.63) is 30.3 Å². The quantitative estimate of drug-likeness (QED) is 0.576. The number of hydrogen-bond acceptors (Lipinski definition) is 1. The zero-order valence-corrected chi connectivity index (χ0v) is 11.3. The van der Waals surface area contributed by atoms with E-state index in [1.165, 1.54) is 0 Å². The van der Waals surface area contributed by atoms with E-state index in [2.05, 4.69) is 6.92 Å². The Morgan fingerprint density at radius 1 is 1.18 bits per heavy atom. The molecular weight excluding hydrogens is 259 g/mol. The highest BCUT2D eigenvalue weighted by Gasteiger charge is 2.19. The summed E-state index contributed by atoms with van der Waals surface area (Å²) < 4.78 is 0.568. The van der Waals surface area contributed by atoms with Gasteiger partial charge in [0.2, 0.25) is 0 Å². The van der Waals surface area contributed by atoms with Crippen molar-refractivity contribution in [2.75, 3.05) is 11.4 Å². The lowest BCUT2D eigenvalue weighted by Crippen LogP contribution is -2.35. The molecule has 0 bridgehead atoms. The molecule has 0 saturated carbocycles. The van der Waals surface area contributed by atoms with Crippen molar-refractivity contribution in [3.8, 4) is 0 Å². The molecule has 5 heteroatoms. The summed E-state index contributed by atoms with van der Waals surface area (Å²) in [4.78, 5) is 13.4. The van der Waals surface area contributed by atoms with Crippen molar-refractivity contribution >= 4 is 35.3 Å². The van der Waals surface area contributed by atoms with Crippen molar-refractivity contribution in [2.45, 2.75) is 26.2 Å². The number of amides is 2. The second kappa shape index (κ2) is 7.41. The Balaban J connectivity index is 2.76. The second-order valence-electron chi connectivity index (χ2n) is 3.71. The molecule has 0 spiro atoms. The summed E-state index contributed by atoms with van der Waals surface area (Å²) in [7, 11) is 0. The minimum atomic E-state index is -0.421. The Bertz CT molecular complexity index is 344. The van der Waals surface area contributed by atoms with E-state index >= 15 is 0 Å². The van der Waals surface area contributed by atoms with E-state index in [1.54, 1.807) is 4.90 Å². The molecule has 0 heterocycles. The van der Waals surface area contributed by atoms with Gasteiger partial charge in [0.05, 0.1) is 0 Å². The van der Waals surface area contributed by atoms with Gasteiger partial charge in [0.15, 0.2) is 0 Å². The maximum Gasteiger partial charge on any atom is 0.354 e. The van der Waals surface area contributed by atoms with Crippen molar-refractivity contribution in [1.82, 2.24) is 3.94 Å². The first-order valence-corrected chi connectivity index (χ1v) is 6.32. The van der Waals surface area contributed by atoms with E-state index in [1.807, 2.05) is 30.3 Å². The Hall–Kier alpha value is -0.930. The fourth-order valence-electron chi connectivity index (χ4n) is 1.55. The molecule has 1 rings (SSSR count). The van der Waals surface area contributed by atoms with E-state index in [0.29, 0.717) is 10.5 Å². The number of benzene rings is 1. The van der Waals surface area contributed by atoms with Crippen molar-refractivity contribution in [2.24, 2.45) is 0 Å². The number of unbranched alkanes of at least 4 members (excludes halogenated alkanes) is 2. The predicted octanol–water partition coefficient (Wildman–Crippen LogP) is 4.41.